The van der Waals surface area contributed by atoms with E-state index in [9.17, 15) is 14.3 Å². The molecule has 0 aromatic heterocycles. The number of carbonyl (C=O) groups excluding carboxylic acids is 1. The van der Waals surface area contributed by atoms with Crippen molar-refractivity contribution >= 4 is 5.91 Å². The third kappa shape index (κ3) is 4.01. The maximum absolute atomic E-state index is 13.4. The van der Waals surface area contributed by atoms with E-state index in [0.717, 1.165) is 12.8 Å². The smallest absolute Gasteiger partial charge is 0.237 e. The van der Waals surface area contributed by atoms with Crippen molar-refractivity contribution in [2.75, 3.05) is 6.54 Å². The zero-order valence-electron chi connectivity index (χ0n) is 10.9. The van der Waals surface area contributed by atoms with E-state index in [-0.39, 0.29) is 18.0 Å². The maximum Gasteiger partial charge on any atom is 0.237 e. The summed E-state index contributed by atoms with van der Waals surface area (Å²) in [6, 6.07) is 6.00. The van der Waals surface area contributed by atoms with Gasteiger partial charge in [0.05, 0.1) is 12.1 Å². The average Bonchev–Trinajstić information content (AvgIpc) is 3.20. The first-order valence-corrected chi connectivity index (χ1v) is 6.54. The van der Waals surface area contributed by atoms with Crippen molar-refractivity contribution in [3.8, 4) is 0 Å². The lowest BCUT2D eigenvalue weighted by Gasteiger charge is -2.17. The molecule has 2 rings (SSSR count). The maximum atomic E-state index is 13.4. The molecule has 1 aliphatic carbocycles. The second-order valence-corrected chi connectivity index (χ2v) is 4.95. The van der Waals surface area contributed by atoms with Crippen LogP contribution in [-0.2, 0) is 4.79 Å². The van der Waals surface area contributed by atoms with Crippen LogP contribution in [0.1, 0.15) is 31.4 Å². The van der Waals surface area contributed by atoms with Gasteiger partial charge in [0, 0.05) is 18.2 Å². The van der Waals surface area contributed by atoms with Crippen molar-refractivity contribution in [3.05, 3.63) is 35.6 Å². The molecule has 5 heteroatoms. The number of hydrogen-bond donors (Lipinski definition) is 3. The highest BCUT2D eigenvalue weighted by atomic mass is 19.1. The average molecular weight is 266 g/mol. The zero-order valence-corrected chi connectivity index (χ0v) is 10.9. The normalized spacial score (nSPS) is 17.8. The van der Waals surface area contributed by atoms with Gasteiger partial charge in [-0.25, -0.2) is 4.39 Å². The Hall–Kier alpha value is -1.46. The van der Waals surface area contributed by atoms with Crippen LogP contribution in [0.5, 0.6) is 0 Å². The number of benzene rings is 1. The monoisotopic (exact) mass is 266 g/mol. The summed E-state index contributed by atoms with van der Waals surface area (Å²) in [7, 11) is 0. The Morgan fingerprint density at radius 2 is 2.16 bits per heavy atom. The summed E-state index contributed by atoms with van der Waals surface area (Å²) in [6.45, 7) is 1.87. The summed E-state index contributed by atoms with van der Waals surface area (Å²) in [5.41, 5.74) is 0.241. The van der Waals surface area contributed by atoms with Crippen LogP contribution < -0.4 is 10.6 Å². The Balaban J connectivity index is 1.80. The van der Waals surface area contributed by atoms with Gasteiger partial charge >= 0.3 is 0 Å². The summed E-state index contributed by atoms with van der Waals surface area (Å²) < 4.78 is 13.4. The number of aliphatic hydroxyl groups is 1. The van der Waals surface area contributed by atoms with Crippen LogP contribution in [-0.4, -0.2) is 29.6 Å². The van der Waals surface area contributed by atoms with E-state index in [1.807, 2.05) is 0 Å². The number of rotatable bonds is 6. The van der Waals surface area contributed by atoms with Crippen LogP contribution in [0.25, 0.3) is 0 Å². The van der Waals surface area contributed by atoms with Gasteiger partial charge in [-0.1, -0.05) is 18.2 Å². The Morgan fingerprint density at radius 1 is 1.47 bits per heavy atom. The number of halogens is 1. The summed E-state index contributed by atoms with van der Waals surface area (Å²) in [5, 5.41) is 15.7. The lowest BCUT2D eigenvalue weighted by Crippen LogP contribution is -2.44. The molecule has 1 saturated carbocycles. The van der Waals surface area contributed by atoms with Crippen molar-refractivity contribution < 1.29 is 14.3 Å². The van der Waals surface area contributed by atoms with E-state index in [4.69, 9.17) is 0 Å². The molecule has 0 bridgehead atoms. The fourth-order valence-corrected chi connectivity index (χ4v) is 1.79. The quantitative estimate of drug-likeness (QED) is 0.723. The Bertz CT molecular complexity index is 449. The fourth-order valence-electron chi connectivity index (χ4n) is 1.79. The Labute approximate surface area is 112 Å². The van der Waals surface area contributed by atoms with Crippen molar-refractivity contribution in [2.24, 2.45) is 0 Å². The van der Waals surface area contributed by atoms with Crippen molar-refractivity contribution in [1.82, 2.24) is 10.6 Å². The highest BCUT2D eigenvalue weighted by Crippen LogP contribution is 2.19. The molecule has 19 heavy (non-hydrogen) atoms. The highest BCUT2D eigenvalue weighted by molar-refractivity contribution is 5.81. The second-order valence-electron chi connectivity index (χ2n) is 4.95. The molecule has 1 aliphatic rings. The van der Waals surface area contributed by atoms with Crippen LogP contribution in [0.3, 0.4) is 0 Å². The number of carbonyl (C=O) groups is 1. The summed E-state index contributed by atoms with van der Waals surface area (Å²) >= 11 is 0. The molecule has 0 spiro atoms. The van der Waals surface area contributed by atoms with Crippen LogP contribution in [0.2, 0.25) is 0 Å². The molecular weight excluding hydrogens is 247 g/mol. The van der Waals surface area contributed by atoms with Crippen LogP contribution in [0, 0.1) is 5.82 Å². The fraction of sp³-hybridized carbons (Fsp3) is 0.500. The van der Waals surface area contributed by atoms with Crippen molar-refractivity contribution in [3.63, 3.8) is 0 Å². The molecule has 1 fully saturated rings. The Kier molecular flexibility index (Phi) is 4.50. The van der Waals surface area contributed by atoms with Gasteiger partial charge in [-0.2, -0.15) is 0 Å². The molecule has 0 aliphatic heterocycles. The van der Waals surface area contributed by atoms with E-state index >= 15 is 0 Å². The molecule has 3 N–H and O–H groups in total. The molecule has 1 aromatic rings. The molecule has 0 saturated heterocycles. The van der Waals surface area contributed by atoms with Crippen LogP contribution in [0.15, 0.2) is 24.3 Å². The SMILES string of the molecule is CC(NCC(O)c1ccccc1F)C(=O)NC1CC1. The van der Waals surface area contributed by atoms with Crippen LogP contribution in [0.4, 0.5) is 4.39 Å². The minimum atomic E-state index is -0.961. The minimum absolute atomic E-state index is 0.0803. The topological polar surface area (TPSA) is 61.4 Å². The molecule has 2 unspecified atom stereocenters. The summed E-state index contributed by atoms with van der Waals surface area (Å²) in [6.07, 6.45) is 1.12. The number of hydrogen-bond acceptors (Lipinski definition) is 3. The highest BCUT2D eigenvalue weighted by Gasteiger charge is 2.25. The van der Waals surface area contributed by atoms with Gasteiger partial charge in [-0.05, 0) is 25.8 Å². The molecular formula is C14H19FN2O2. The van der Waals surface area contributed by atoms with Gasteiger partial charge in [0.25, 0.3) is 0 Å². The molecule has 0 radical (unpaired) electrons. The summed E-state index contributed by atoms with van der Waals surface area (Å²) in [5.74, 6) is -0.518. The largest absolute Gasteiger partial charge is 0.387 e. The van der Waals surface area contributed by atoms with Gasteiger partial charge in [0.15, 0.2) is 0 Å². The van der Waals surface area contributed by atoms with Crippen LogP contribution >= 0.6 is 0 Å². The lowest BCUT2D eigenvalue weighted by atomic mass is 10.1. The van der Waals surface area contributed by atoms with E-state index in [1.54, 1.807) is 19.1 Å². The van der Waals surface area contributed by atoms with E-state index < -0.39 is 18.0 Å². The number of aliphatic hydroxyl groups excluding tert-OH is 1. The van der Waals surface area contributed by atoms with Crippen molar-refractivity contribution in [2.45, 2.75) is 38.0 Å². The first-order valence-electron chi connectivity index (χ1n) is 6.54. The minimum Gasteiger partial charge on any atom is -0.387 e. The predicted octanol–water partition coefficient (Wildman–Crippen LogP) is 1.12. The first-order chi connectivity index (χ1) is 9.08. The lowest BCUT2D eigenvalue weighted by molar-refractivity contribution is -0.123. The standard InChI is InChI=1S/C14H19FN2O2/c1-9(14(19)17-10-6-7-10)16-8-13(18)11-4-2-3-5-12(11)15/h2-5,9-10,13,16,18H,6-8H2,1H3,(H,17,19). The van der Waals surface area contributed by atoms with E-state index in [2.05, 4.69) is 10.6 Å². The Morgan fingerprint density at radius 3 is 2.79 bits per heavy atom. The predicted molar refractivity (Wildman–Crippen MR) is 70.0 cm³/mol. The number of nitrogens with one attached hydrogen (secondary N) is 2. The third-order valence-electron chi connectivity index (χ3n) is 3.20. The molecule has 104 valence electrons. The van der Waals surface area contributed by atoms with E-state index in [1.165, 1.54) is 12.1 Å². The van der Waals surface area contributed by atoms with E-state index in [0.29, 0.717) is 6.04 Å². The van der Waals surface area contributed by atoms with Gasteiger partial charge in [0.1, 0.15) is 5.82 Å². The molecule has 1 amide bonds. The molecule has 4 nitrogen and oxygen atoms in total. The molecule has 2 atom stereocenters. The summed E-state index contributed by atoms with van der Waals surface area (Å²) in [4.78, 5) is 11.7. The zero-order chi connectivity index (χ0) is 13.8. The van der Waals surface area contributed by atoms with Crippen molar-refractivity contribution in [1.29, 1.82) is 0 Å². The third-order valence-corrected chi connectivity index (χ3v) is 3.20. The van der Waals surface area contributed by atoms with Gasteiger partial charge in [-0.15, -0.1) is 0 Å². The molecule has 0 heterocycles. The number of amides is 1. The second kappa shape index (κ2) is 6.12. The van der Waals surface area contributed by atoms with Gasteiger partial charge < -0.3 is 15.7 Å². The first kappa shape index (κ1) is 14.0. The molecule has 1 aromatic carbocycles. The van der Waals surface area contributed by atoms with Gasteiger partial charge in [-0.3, -0.25) is 4.79 Å². The van der Waals surface area contributed by atoms with Gasteiger partial charge in [0.2, 0.25) is 5.91 Å².